The lowest BCUT2D eigenvalue weighted by Crippen LogP contribution is -2.66. The summed E-state index contributed by atoms with van der Waals surface area (Å²) in [5.74, 6) is -1.78. The fraction of sp³-hybridized carbons (Fsp3) is 0.765. The zero-order valence-corrected chi connectivity index (χ0v) is 14.5. The van der Waals surface area contributed by atoms with Gasteiger partial charge in [0.15, 0.2) is 5.54 Å². The largest absolute Gasteiger partial charge is 0.479 e. The second-order valence-corrected chi connectivity index (χ2v) is 7.55. The van der Waals surface area contributed by atoms with Crippen LogP contribution in [-0.4, -0.2) is 39.6 Å². The number of hydrogen-bond donors (Lipinski definition) is 3. The van der Waals surface area contributed by atoms with Gasteiger partial charge in [0.25, 0.3) is 0 Å². The minimum atomic E-state index is -1.67. The Bertz CT molecular complexity index is 505. The standard InChI is InChI=1S/C17H26ClNO4/c1-16(2)12(9-6-10-18)14(21)19-17(16,15(22)23)13(20)11-7-4-3-5-8-11/h4,7,11-13,20H,3,5-6,8-10H2,1-2H3,(H,19,21)(H,22,23)/t11?,12-,13-,17-/m0/s1. The van der Waals surface area contributed by atoms with E-state index in [9.17, 15) is 19.8 Å². The molecule has 1 fully saturated rings. The van der Waals surface area contributed by atoms with Gasteiger partial charge in [0.05, 0.1) is 6.10 Å². The highest BCUT2D eigenvalue weighted by Gasteiger charge is 2.67. The van der Waals surface area contributed by atoms with Crippen molar-refractivity contribution in [3.05, 3.63) is 12.2 Å². The summed E-state index contributed by atoms with van der Waals surface area (Å²) in [6.45, 7) is 3.52. The smallest absolute Gasteiger partial charge is 0.332 e. The fourth-order valence-electron chi connectivity index (χ4n) is 4.15. The molecule has 0 aromatic heterocycles. The Hall–Kier alpha value is -1.07. The van der Waals surface area contributed by atoms with E-state index in [1.165, 1.54) is 0 Å². The normalized spacial score (nSPS) is 34.2. The first-order valence-corrected chi connectivity index (χ1v) is 8.78. The molecule has 5 nitrogen and oxygen atoms in total. The number of halogens is 1. The first-order chi connectivity index (χ1) is 10.8. The summed E-state index contributed by atoms with van der Waals surface area (Å²) in [7, 11) is 0. The predicted molar refractivity (Wildman–Crippen MR) is 88.2 cm³/mol. The minimum Gasteiger partial charge on any atom is -0.479 e. The summed E-state index contributed by atoms with van der Waals surface area (Å²) in [4.78, 5) is 24.6. The van der Waals surface area contributed by atoms with Crippen LogP contribution in [0, 0.1) is 17.3 Å². The molecular formula is C17H26ClNO4. The van der Waals surface area contributed by atoms with Gasteiger partial charge in [-0.15, -0.1) is 11.6 Å². The Balaban J connectivity index is 2.40. The summed E-state index contributed by atoms with van der Waals surface area (Å²) in [5, 5.41) is 23.5. The van der Waals surface area contributed by atoms with E-state index in [2.05, 4.69) is 5.32 Å². The zero-order chi connectivity index (χ0) is 17.3. The Kier molecular flexibility index (Phi) is 5.41. The lowest BCUT2D eigenvalue weighted by atomic mass is 9.62. The van der Waals surface area contributed by atoms with Gasteiger partial charge in [-0.05, 0) is 32.1 Å². The van der Waals surface area contributed by atoms with Crippen LogP contribution in [0.3, 0.4) is 0 Å². The molecule has 0 aromatic rings. The molecular weight excluding hydrogens is 318 g/mol. The first kappa shape index (κ1) is 18.3. The number of aliphatic carboxylic acids is 1. The molecule has 0 bridgehead atoms. The Morgan fingerprint density at radius 1 is 1.52 bits per heavy atom. The summed E-state index contributed by atoms with van der Waals surface area (Å²) >= 11 is 5.73. The van der Waals surface area contributed by atoms with Gasteiger partial charge in [-0.1, -0.05) is 26.0 Å². The molecule has 1 heterocycles. The number of carbonyl (C=O) groups is 2. The van der Waals surface area contributed by atoms with E-state index in [0.717, 1.165) is 19.3 Å². The van der Waals surface area contributed by atoms with Crippen LogP contribution < -0.4 is 5.32 Å². The van der Waals surface area contributed by atoms with Crippen molar-refractivity contribution in [1.29, 1.82) is 0 Å². The molecule has 4 atom stereocenters. The Morgan fingerprint density at radius 3 is 2.74 bits per heavy atom. The number of rotatable bonds is 6. The predicted octanol–water partition coefficient (Wildman–Crippen LogP) is 2.32. The number of allylic oxidation sites excluding steroid dienone is 1. The molecule has 0 aromatic carbocycles. The first-order valence-electron chi connectivity index (χ1n) is 8.25. The lowest BCUT2D eigenvalue weighted by Gasteiger charge is -2.44. The topological polar surface area (TPSA) is 86.6 Å². The van der Waals surface area contributed by atoms with Gasteiger partial charge in [-0.2, -0.15) is 0 Å². The Labute approximate surface area is 142 Å². The number of amides is 1. The van der Waals surface area contributed by atoms with Crippen LogP contribution in [-0.2, 0) is 9.59 Å². The molecule has 130 valence electrons. The molecule has 1 amide bonds. The SMILES string of the molecule is CC1(C)[C@@H](CCCCl)C(=O)N[C@]1(C(=O)O)[C@@H](O)C1C=CCCC1. The number of carboxylic acids is 1. The average Bonchev–Trinajstić information content (AvgIpc) is 2.72. The van der Waals surface area contributed by atoms with Crippen LogP contribution in [0.5, 0.6) is 0 Å². The molecule has 1 unspecified atom stereocenters. The quantitative estimate of drug-likeness (QED) is 0.510. The second-order valence-electron chi connectivity index (χ2n) is 7.18. The van der Waals surface area contributed by atoms with Crippen LogP contribution in [0.1, 0.15) is 46.0 Å². The van der Waals surface area contributed by atoms with Crippen molar-refractivity contribution in [2.75, 3.05) is 5.88 Å². The summed E-state index contributed by atoms with van der Waals surface area (Å²) in [6.07, 6.45) is 6.44. The van der Waals surface area contributed by atoms with Crippen molar-refractivity contribution in [1.82, 2.24) is 5.32 Å². The van der Waals surface area contributed by atoms with Crippen LogP contribution in [0.4, 0.5) is 0 Å². The molecule has 1 aliphatic heterocycles. The van der Waals surface area contributed by atoms with Gasteiger partial charge in [-0.3, -0.25) is 4.79 Å². The van der Waals surface area contributed by atoms with Crippen molar-refractivity contribution < 1.29 is 19.8 Å². The van der Waals surface area contributed by atoms with Crippen LogP contribution >= 0.6 is 11.6 Å². The van der Waals surface area contributed by atoms with E-state index >= 15 is 0 Å². The Morgan fingerprint density at radius 2 is 2.22 bits per heavy atom. The zero-order valence-electron chi connectivity index (χ0n) is 13.7. The van der Waals surface area contributed by atoms with Crippen molar-refractivity contribution in [2.45, 2.75) is 57.6 Å². The molecule has 1 aliphatic carbocycles. The number of carboxylic acid groups (broad SMARTS) is 1. The molecule has 2 rings (SSSR count). The van der Waals surface area contributed by atoms with E-state index in [-0.39, 0.29) is 11.8 Å². The van der Waals surface area contributed by atoms with Gasteiger partial charge >= 0.3 is 5.97 Å². The molecule has 0 spiro atoms. The summed E-state index contributed by atoms with van der Waals surface area (Å²) < 4.78 is 0. The molecule has 23 heavy (non-hydrogen) atoms. The van der Waals surface area contributed by atoms with Crippen molar-refractivity contribution >= 4 is 23.5 Å². The number of aliphatic hydroxyl groups excluding tert-OH is 1. The van der Waals surface area contributed by atoms with E-state index in [1.807, 2.05) is 12.2 Å². The highest BCUT2D eigenvalue weighted by atomic mass is 35.5. The summed E-state index contributed by atoms with van der Waals surface area (Å²) in [6, 6.07) is 0. The molecule has 1 saturated heterocycles. The number of nitrogens with one attached hydrogen (secondary N) is 1. The minimum absolute atomic E-state index is 0.258. The molecule has 0 radical (unpaired) electrons. The van der Waals surface area contributed by atoms with Crippen LogP contribution in [0.15, 0.2) is 12.2 Å². The highest BCUT2D eigenvalue weighted by molar-refractivity contribution is 6.17. The van der Waals surface area contributed by atoms with Crippen LogP contribution in [0.2, 0.25) is 0 Å². The van der Waals surface area contributed by atoms with E-state index in [1.54, 1.807) is 13.8 Å². The van der Waals surface area contributed by atoms with Gasteiger partial charge in [-0.25, -0.2) is 4.79 Å². The maximum absolute atomic E-state index is 12.5. The van der Waals surface area contributed by atoms with Crippen molar-refractivity contribution in [2.24, 2.45) is 17.3 Å². The number of carbonyl (C=O) groups excluding carboxylic acids is 1. The second kappa shape index (κ2) is 6.81. The van der Waals surface area contributed by atoms with E-state index in [0.29, 0.717) is 18.7 Å². The van der Waals surface area contributed by atoms with Crippen molar-refractivity contribution in [3.8, 4) is 0 Å². The van der Waals surface area contributed by atoms with Gasteiger partial charge in [0.1, 0.15) is 0 Å². The van der Waals surface area contributed by atoms with E-state index in [4.69, 9.17) is 11.6 Å². The maximum Gasteiger partial charge on any atom is 0.332 e. The maximum atomic E-state index is 12.5. The third-order valence-corrected chi connectivity index (χ3v) is 5.90. The number of aliphatic hydroxyl groups is 1. The average molecular weight is 344 g/mol. The molecule has 2 aliphatic rings. The van der Waals surface area contributed by atoms with E-state index < -0.39 is 28.9 Å². The fourth-order valence-corrected chi connectivity index (χ4v) is 4.31. The molecule has 0 saturated carbocycles. The van der Waals surface area contributed by atoms with Crippen LogP contribution in [0.25, 0.3) is 0 Å². The number of hydrogen-bond acceptors (Lipinski definition) is 3. The van der Waals surface area contributed by atoms with Gasteiger partial charge in [0.2, 0.25) is 5.91 Å². The molecule has 6 heteroatoms. The lowest BCUT2D eigenvalue weighted by molar-refractivity contribution is -0.159. The molecule has 3 N–H and O–H groups in total. The highest BCUT2D eigenvalue weighted by Crippen LogP contribution is 2.50. The third-order valence-electron chi connectivity index (χ3n) is 5.63. The third kappa shape index (κ3) is 2.89. The van der Waals surface area contributed by atoms with Gasteiger partial charge in [0, 0.05) is 23.1 Å². The summed E-state index contributed by atoms with van der Waals surface area (Å²) in [5.41, 5.74) is -2.58. The van der Waals surface area contributed by atoms with Gasteiger partial charge < -0.3 is 15.5 Å². The number of alkyl halides is 1. The van der Waals surface area contributed by atoms with Crippen molar-refractivity contribution in [3.63, 3.8) is 0 Å². The monoisotopic (exact) mass is 343 g/mol.